The van der Waals surface area contributed by atoms with Gasteiger partial charge in [0.25, 0.3) is 0 Å². The number of carbonyl (C=O) groups is 3. The van der Waals surface area contributed by atoms with E-state index >= 15 is 0 Å². The van der Waals surface area contributed by atoms with Crippen LogP contribution in [0.2, 0.25) is 0 Å². The lowest BCUT2D eigenvalue weighted by molar-refractivity contribution is -0.211. The van der Waals surface area contributed by atoms with Gasteiger partial charge in [-0.05, 0) is 47.0 Å². The predicted octanol–water partition coefficient (Wildman–Crippen LogP) is -0.305. The van der Waals surface area contributed by atoms with Gasteiger partial charge in [-0.1, -0.05) is 6.07 Å². The third kappa shape index (κ3) is 5.76. The monoisotopic (exact) mass is 576 g/mol. The number of phenolic OH excluding ortho intramolecular Hbond substituents is 4. The van der Waals surface area contributed by atoms with Gasteiger partial charge in [-0.25, -0.2) is 9.59 Å². The van der Waals surface area contributed by atoms with Crippen molar-refractivity contribution in [3.63, 3.8) is 0 Å². The summed E-state index contributed by atoms with van der Waals surface area (Å²) in [4.78, 5) is 38.0. The average Bonchev–Trinajstić information content (AvgIpc) is 2.93. The molecule has 0 bridgehead atoms. The number of aliphatic carboxylic acids is 1. The van der Waals surface area contributed by atoms with E-state index in [1.54, 1.807) is 0 Å². The number of fused-ring (bicyclic) bond motifs is 1. The smallest absolute Gasteiger partial charge is 0.335 e. The van der Waals surface area contributed by atoms with Gasteiger partial charge < -0.3 is 55.1 Å². The van der Waals surface area contributed by atoms with Gasteiger partial charge in [0, 0.05) is 12.3 Å². The fourth-order valence-corrected chi connectivity index (χ4v) is 5.02. The quantitative estimate of drug-likeness (QED) is 0.156. The van der Waals surface area contributed by atoms with Crippen LogP contribution in [-0.2, 0) is 28.6 Å². The lowest BCUT2D eigenvalue weighted by atomic mass is 9.71. The molecule has 2 aromatic rings. The Balaban J connectivity index is 1.81. The molecule has 0 saturated carbocycles. The molecule has 220 valence electrons. The molecule has 1 aliphatic carbocycles. The maximum absolute atomic E-state index is 13.6. The zero-order valence-electron chi connectivity index (χ0n) is 21.4. The van der Waals surface area contributed by atoms with Crippen molar-refractivity contribution in [3.05, 3.63) is 52.6 Å². The maximum atomic E-state index is 13.6. The fraction of sp³-hybridized carbons (Fsp3) is 0.370. The Hall–Kier alpha value is -4.37. The molecule has 1 saturated heterocycles. The van der Waals surface area contributed by atoms with Crippen molar-refractivity contribution in [2.45, 2.75) is 42.9 Å². The van der Waals surface area contributed by atoms with Crippen LogP contribution in [0.5, 0.6) is 23.0 Å². The zero-order chi connectivity index (χ0) is 30.2. The van der Waals surface area contributed by atoms with Crippen LogP contribution >= 0.6 is 0 Å². The number of phenols is 4. The molecule has 0 aromatic heterocycles. The Kier molecular flexibility index (Phi) is 8.39. The number of esters is 2. The van der Waals surface area contributed by atoms with E-state index in [1.807, 2.05) is 0 Å². The molecule has 0 radical (unpaired) electrons. The average molecular weight is 577 g/mol. The molecule has 2 aromatic carbocycles. The first-order valence-corrected chi connectivity index (χ1v) is 12.3. The summed E-state index contributed by atoms with van der Waals surface area (Å²) in [6.45, 7) is -0.442. The first-order valence-electron chi connectivity index (χ1n) is 12.3. The summed E-state index contributed by atoms with van der Waals surface area (Å²) in [5.74, 6) is -8.54. The number of methoxy groups -OCH3 is 1. The van der Waals surface area contributed by atoms with Crippen LogP contribution in [-0.4, -0.2) is 103 Å². The largest absolute Gasteiger partial charge is 0.504 e. The van der Waals surface area contributed by atoms with E-state index in [1.165, 1.54) is 12.1 Å². The van der Waals surface area contributed by atoms with Gasteiger partial charge in [-0.2, -0.15) is 0 Å². The van der Waals surface area contributed by atoms with Crippen molar-refractivity contribution in [1.82, 2.24) is 0 Å². The predicted molar refractivity (Wildman–Crippen MR) is 135 cm³/mol. The molecule has 1 aliphatic heterocycles. The lowest BCUT2D eigenvalue weighted by Crippen LogP contribution is -2.56. The molecule has 14 nitrogen and oxygen atoms in total. The van der Waals surface area contributed by atoms with Crippen LogP contribution < -0.4 is 0 Å². The molecular weight excluding hydrogens is 548 g/mol. The Morgan fingerprint density at radius 2 is 1.66 bits per heavy atom. The van der Waals surface area contributed by atoms with Crippen LogP contribution in [0.1, 0.15) is 29.0 Å². The van der Waals surface area contributed by atoms with Crippen molar-refractivity contribution >= 4 is 24.0 Å². The van der Waals surface area contributed by atoms with Crippen molar-refractivity contribution in [2.24, 2.45) is 5.92 Å². The SMILES string of the molecule is COC(=O)[C@@H]1C(C(=O)O[C@@H]2[C@@H](O)[C@@H](O)CO[C@H]2CC(O)C(=O)O)=Cc2cc(O)c(O)cc2[C@H]1c1ccc(O)c(O)c1. The summed E-state index contributed by atoms with van der Waals surface area (Å²) in [5, 5.41) is 79.9. The second-order valence-electron chi connectivity index (χ2n) is 9.69. The van der Waals surface area contributed by atoms with Crippen molar-refractivity contribution in [3.8, 4) is 23.0 Å². The van der Waals surface area contributed by atoms with Crippen molar-refractivity contribution in [1.29, 1.82) is 0 Å². The molecule has 7 atom stereocenters. The highest BCUT2D eigenvalue weighted by atomic mass is 16.6. The van der Waals surface area contributed by atoms with Gasteiger partial charge in [0.05, 0.1) is 25.2 Å². The number of carboxylic acid groups (broad SMARTS) is 1. The number of ether oxygens (including phenoxy) is 3. The number of hydrogen-bond acceptors (Lipinski definition) is 13. The van der Waals surface area contributed by atoms with Gasteiger partial charge in [0.15, 0.2) is 35.2 Å². The van der Waals surface area contributed by atoms with E-state index in [9.17, 15) is 50.1 Å². The molecule has 1 fully saturated rings. The molecule has 8 N–H and O–H groups in total. The van der Waals surface area contributed by atoms with E-state index in [-0.39, 0.29) is 22.3 Å². The topological polar surface area (TPSA) is 241 Å². The number of carboxylic acids is 1. The van der Waals surface area contributed by atoms with E-state index in [2.05, 4.69) is 0 Å². The van der Waals surface area contributed by atoms with Crippen molar-refractivity contribution < 1.29 is 69.4 Å². The summed E-state index contributed by atoms with van der Waals surface area (Å²) in [7, 11) is 1.05. The third-order valence-electron chi connectivity index (χ3n) is 7.11. The summed E-state index contributed by atoms with van der Waals surface area (Å²) < 4.78 is 15.8. The van der Waals surface area contributed by atoms with Gasteiger partial charge in [0.2, 0.25) is 0 Å². The molecule has 4 rings (SSSR count). The fourth-order valence-electron chi connectivity index (χ4n) is 5.02. The minimum Gasteiger partial charge on any atom is -0.504 e. The Bertz CT molecular complexity index is 1380. The molecule has 0 amide bonds. The zero-order valence-corrected chi connectivity index (χ0v) is 21.4. The molecular formula is C27H28O14. The van der Waals surface area contributed by atoms with Crippen LogP contribution in [0, 0.1) is 5.92 Å². The minimum absolute atomic E-state index is 0.156. The molecule has 1 heterocycles. The van der Waals surface area contributed by atoms with E-state index in [0.29, 0.717) is 0 Å². The van der Waals surface area contributed by atoms with Gasteiger partial charge in [-0.3, -0.25) is 4.79 Å². The summed E-state index contributed by atoms with van der Waals surface area (Å²) in [5.41, 5.74) is 0.218. The first-order chi connectivity index (χ1) is 19.3. The third-order valence-corrected chi connectivity index (χ3v) is 7.11. The number of carbonyl (C=O) groups excluding carboxylic acids is 2. The molecule has 2 aliphatic rings. The maximum Gasteiger partial charge on any atom is 0.335 e. The highest BCUT2D eigenvalue weighted by Gasteiger charge is 2.47. The summed E-state index contributed by atoms with van der Waals surface area (Å²) >= 11 is 0. The standard InChI is InChI=1S/C27H28O14/c1-39-27(38)22-13(26(37)41-24-20(8-18(32)25(35)36)40-9-19(33)23(24)34)4-11-6-16(30)17(31)7-12(11)21(22)10-2-3-14(28)15(29)5-10/h2-7,18-24,28-34H,8-9H2,1H3,(H,35,36)/t18?,19-,20-,21+,22+,23-,24-/m0/s1. The van der Waals surface area contributed by atoms with Gasteiger partial charge in [0.1, 0.15) is 18.3 Å². The number of benzene rings is 2. The number of hydrogen-bond donors (Lipinski definition) is 8. The lowest BCUT2D eigenvalue weighted by Gasteiger charge is -2.39. The minimum atomic E-state index is -1.95. The molecule has 41 heavy (non-hydrogen) atoms. The molecule has 1 unspecified atom stereocenters. The molecule has 0 spiro atoms. The summed E-state index contributed by atoms with van der Waals surface area (Å²) in [6.07, 6.45) is -7.69. The van der Waals surface area contributed by atoms with Gasteiger partial charge in [-0.15, -0.1) is 0 Å². The number of aliphatic hydroxyl groups is 3. The van der Waals surface area contributed by atoms with E-state index in [0.717, 1.165) is 31.4 Å². The van der Waals surface area contributed by atoms with Crippen LogP contribution in [0.25, 0.3) is 6.08 Å². The second kappa shape index (κ2) is 11.6. The van der Waals surface area contributed by atoms with Crippen LogP contribution in [0.3, 0.4) is 0 Å². The normalized spacial score (nSPS) is 26.3. The highest BCUT2D eigenvalue weighted by Crippen LogP contribution is 2.48. The Morgan fingerprint density at radius 1 is 1.00 bits per heavy atom. The van der Waals surface area contributed by atoms with E-state index < -0.39 is 96.3 Å². The molecule has 14 heteroatoms. The number of aliphatic hydroxyl groups excluding tert-OH is 3. The number of rotatable bonds is 7. The first kappa shape index (κ1) is 29.6. The Morgan fingerprint density at radius 3 is 2.29 bits per heavy atom. The van der Waals surface area contributed by atoms with Crippen LogP contribution in [0.15, 0.2) is 35.9 Å². The highest BCUT2D eigenvalue weighted by molar-refractivity contribution is 6.02. The van der Waals surface area contributed by atoms with Gasteiger partial charge >= 0.3 is 17.9 Å². The number of aromatic hydroxyl groups is 4. The van der Waals surface area contributed by atoms with Crippen molar-refractivity contribution in [2.75, 3.05) is 13.7 Å². The van der Waals surface area contributed by atoms with Crippen LogP contribution in [0.4, 0.5) is 0 Å². The summed E-state index contributed by atoms with van der Waals surface area (Å²) in [6, 6.07) is 5.91. The Labute approximate surface area is 231 Å². The van der Waals surface area contributed by atoms with E-state index in [4.69, 9.17) is 19.3 Å². The second-order valence-corrected chi connectivity index (χ2v) is 9.69.